The van der Waals surface area contributed by atoms with E-state index in [1.54, 1.807) is 64.3 Å². The normalized spacial score (nSPS) is 26.5. The van der Waals surface area contributed by atoms with Crippen LogP contribution in [-0.4, -0.2) is 84.0 Å². The van der Waals surface area contributed by atoms with E-state index in [1.807, 2.05) is 19.2 Å². The standard InChI is InChI=1S/C36H41NO11/c1-20(38)44-25(19-27(39)48-34(2,3)4)32(40)47-29(21-10-8-7-9-11-21)33(41)45-24-14-15-36(42)26-18-22-12-13-23(43-6)30-28(22)35(36,31(24)46-30)16-17-37(26)5/h7-14,25-26,29,31,42H,15-19H2,1-6H3/t25?,26-,29+,31+,35+,36-/m1/s1. The number of benzene rings is 2. The first-order valence-corrected chi connectivity index (χ1v) is 16.0. The minimum atomic E-state index is -1.67. The van der Waals surface area contributed by atoms with Crippen molar-refractivity contribution in [3.8, 4) is 11.5 Å². The van der Waals surface area contributed by atoms with Gasteiger partial charge in [0.25, 0.3) is 0 Å². The molecule has 6 rings (SSSR count). The Balaban J connectivity index is 1.31. The van der Waals surface area contributed by atoms with Gasteiger partial charge in [-0.15, -0.1) is 0 Å². The lowest BCUT2D eigenvalue weighted by Gasteiger charge is -2.61. The van der Waals surface area contributed by atoms with Crippen molar-refractivity contribution in [1.29, 1.82) is 0 Å². The highest BCUT2D eigenvalue weighted by Crippen LogP contribution is 2.65. The van der Waals surface area contributed by atoms with Crippen LogP contribution < -0.4 is 9.47 Å². The zero-order valence-electron chi connectivity index (χ0n) is 27.9. The van der Waals surface area contributed by atoms with Gasteiger partial charge in [-0.05, 0) is 64.9 Å². The summed E-state index contributed by atoms with van der Waals surface area (Å²) >= 11 is 0. The Bertz CT molecular complexity index is 1660. The summed E-state index contributed by atoms with van der Waals surface area (Å²) in [4.78, 5) is 54.1. The van der Waals surface area contributed by atoms with Gasteiger partial charge in [0, 0.05) is 30.5 Å². The number of aliphatic hydroxyl groups is 1. The largest absolute Gasteiger partial charge is 0.493 e. The van der Waals surface area contributed by atoms with Gasteiger partial charge in [-0.2, -0.15) is 0 Å². The number of ether oxygens (including phenoxy) is 6. The Hall–Kier alpha value is -4.42. The lowest BCUT2D eigenvalue weighted by molar-refractivity contribution is -0.184. The second kappa shape index (κ2) is 12.2. The summed E-state index contributed by atoms with van der Waals surface area (Å²) < 4.78 is 34.4. The number of nitrogens with zero attached hydrogens (tertiary/aromatic N) is 1. The molecule has 6 atom stereocenters. The zero-order valence-corrected chi connectivity index (χ0v) is 27.9. The number of carbonyl (C=O) groups is 4. The molecular weight excluding hydrogens is 622 g/mol. The van der Waals surface area contributed by atoms with Crippen LogP contribution in [0.2, 0.25) is 0 Å². The SMILES string of the molecule is COc1ccc2c3c1O[C@H]1C(OC(=O)[C@@H](OC(=O)C(CC(=O)OC(C)(C)C)OC(C)=O)c4ccccc4)=CC[C@@]4(O)[C@@H](C2)N(C)CC[C@]314. The molecule has 2 aliphatic heterocycles. The number of hydrogen-bond acceptors (Lipinski definition) is 12. The molecule has 0 aromatic heterocycles. The van der Waals surface area contributed by atoms with E-state index in [-0.39, 0.29) is 23.8 Å². The number of rotatable bonds is 9. The molecule has 1 saturated heterocycles. The fraction of sp³-hybridized carbons (Fsp3) is 0.500. The number of esters is 4. The predicted molar refractivity (Wildman–Crippen MR) is 169 cm³/mol. The van der Waals surface area contributed by atoms with Crippen LogP contribution in [-0.2, 0) is 50.0 Å². The third-order valence-electron chi connectivity index (χ3n) is 9.67. The van der Waals surface area contributed by atoms with E-state index in [2.05, 4.69) is 4.90 Å². The maximum Gasteiger partial charge on any atom is 0.357 e. The summed E-state index contributed by atoms with van der Waals surface area (Å²) in [5, 5.41) is 12.5. The molecule has 0 amide bonds. The maximum absolute atomic E-state index is 14.1. The van der Waals surface area contributed by atoms with E-state index in [9.17, 15) is 24.3 Å². The molecule has 2 aliphatic carbocycles. The van der Waals surface area contributed by atoms with Crippen molar-refractivity contribution < 1.29 is 52.7 Å². The van der Waals surface area contributed by atoms with Crippen LogP contribution in [0.1, 0.15) is 69.8 Å². The first kappa shape index (κ1) is 33.5. The molecule has 48 heavy (non-hydrogen) atoms. The fourth-order valence-corrected chi connectivity index (χ4v) is 7.74. The number of likely N-dealkylation sites (N-methyl/N-ethyl adjacent to an activating group) is 1. The second-order valence-corrected chi connectivity index (χ2v) is 13.8. The molecule has 4 aliphatic rings. The van der Waals surface area contributed by atoms with Crippen molar-refractivity contribution in [3.05, 3.63) is 71.0 Å². The Morgan fingerprint density at radius 2 is 1.79 bits per heavy atom. The molecule has 2 aromatic carbocycles. The van der Waals surface area contributed by atoms with Gasteiger partial charge >= 0.3 is 23.9 Å². The lowest BCUT2D eigenvalue weighted by Crippen LogP contribution is -2.74. The van der Waals surface area contributed by atoms with Gasteiger partial charge in [-0.25, -0.2) is 9.59 Å². The second-order valence-electron chi connectivity index (χ2n) is 13.8. The van der Waals surface area contributed by atoms with Crippen molar-refractivity contribution in [2.24, 2.45) is 0 Å². The minimum Gasteiger partial charge on any atom is -0.493 e. The number of hydrogen-bond donors (Lipinski definition) is 1. The average Bonchev–Trinajstić information content (AvgIpc) is 3.38. The van der Waals surface area contributed by atoms with E-state index >= 15 is 0 Å². The Morgan fingerprint density at radius 3 is 2.46 bits per heavy atom. The van der Waals surface area contributed by atoms with E-state index in [4.69, 9.17) is 28.4 Å². The highest BCUT2D eigenvalue weighted by atomic mass is 16.6. The van der Waals surface area contributed by atoms with E-state index in [1.165, 1.54) is 0 Å². The Labute approximate surface area is 278 Å². The predicted octanol–water partition coefficient (Wildman–Crippen LogP) is 3.46. The summed E-state index contributed by atoms with van der Waals surface area (Å²) in [6.07, 6.45) is -1.72. The topological polar surface area (TPSA) is 147 Å². The van der Waals surface area contributed by atoms with E-state index in [0.717, 1.165) is 18.1 Å². The highest BCUT2D eigenvalue weighted by molar-refractivity contribution is 5.87. The van der Waals surface area contributed by atoms with Gasteiger partial charge in [-0.1, -0.05) is 36.4 Å². The molecule has 2 aromatic rings. The zero-order chi connectivity index (χ0) is 34.6. The van der Waals surface area contributed by atoms with Crippen molar-refractivity contribution in [1.82, 2.24) is 4.90 Å². The summed E-state index contributed by atoms with van der Waals surface area (Å²) in [5.74, 6) is -2.47. The monoisotopic (exact) mass is 663 g/mol. The molecule has 2 heterocycles. The molecule has 1 spiro atoms. The highest BCUT2D eigenvalue weighted by Gasteiger charge is 2.72. The van der Waals surface area contributed by atoms with Crippen LogP contribution in [0.4, 0.5) is 0 Å². The van der Waals surface area contributed by atoms with E-state index < -0.39 is 65.2 Å². The van der Waals surface area contributed by atoms with Gasteiger partial charge in [0.1, 0.15) is 11.4 Å². The third-order valence-corrected chi connectivity index (χ3v) is 9.67. The smallest absolute Gasteiger partial charge is 0.357 e. The summed E-state index contributed by atoms with van der Waals surface area (Å²) in [7, 11) is 3.55. The quantitative estimate of drug-likeness (QED) is 0.310. The number of likely N-dealkylation sites (tertiary alicyclic amines) is 1. The van der Waals surface area contributed by atoms with Gasteiger partial charge in [-0.3, -0.25) is 9.59 Å². The van der Waals surface area contributed by atoms with Crippen molar-refractivity contribution in [2.75, 3.05) is 20.7 Å². The molecule has 12 nitrogen and oxygen atoms in total. The van der Waals surface area contributed by atoms with Crippen LogP contribution in [0, 0.1) is 0 Å². The Kier molecular flexibility index (Phi) is 8.53. The minimum absolute atomic E-state index is 0.182. The van der Waals surface area contributed by atoms with Crippen LogP contribution in [0.25, 0.3) is 0 Å². The van der Waals surface area contributed by atoms with E-state index in [0.29, 0.717) is 30.9 Å². The number of carbonyl (C=O) groups excluding carboxylic acids is 4. The number of methoxy groups -OCH3 is 1. The summed E-state index contributed by atoms with van der Waals surface area (Å²) in [6, 6.07) is 11.9. The molecule has 256 valence electrons. The van der Waals surface area contributed by atoms with Crippen molar-refractivity contribution >= 4 is 23.9 Å². The average molecular weight is 664 g/mol. The van der Waals surface area contributed by atoms with Gasteiger partial charge in [0.2, 0.25) is 12.2 Å². The first-order chi connectivity index (χ1) is 22.7. The lowest BCUT2D eigenvalue weighted by atomic mass is 9.50. The molecule has 0 radical (unpaired) electrons. The van der Waals surface area contributed by atoms with Gasteiger partial charge in [0.15, 0.2) is 17.6 Å². The van der Waals surface area contributed by atoms with Crippen LogP contribution in [0.3, 0.4) is 0 Å². The molecule has 0 saturated carbocycles. The number of piperidine rings is 1. The third kappa shape index (κ3) is 5.60. The van der Waals surface area contributed by atoms with Crippen molar-refractivity contribution in [3.63, 3.8) is 0 Å². The van der Waals surface area contributed by atoms with Crippen LogP contribution in [0.5, 0.6) is 11.5 Å². The van der Waals surface area contributed by atoms with Crippen LogP contribution in [0.15, 0.2) is 54.3 Å². The molecular formula is C36H41NO11. The van der Waals surface area contributed by atoms with Crippen LogP contribution >= 0.6 is 0 Å². The summed E-state index contributed by atoms with van der Waals surface area (Å²) in [6.45, 7) is 6.76. The first-order valence-electron chi connectivity index (χ1n) is 16.0. The molecule has 2 bridgehead atoms. The maximum atomic E-state index is 14.1. The molecule has 12 heteroatoms. The molecule has 1 unspecified atom stereocenters. The fourth-order valence-electron chi connectivity index (χ4n) is 7.74. The van der Waals surface area contributed by atoms with Gasteiger partial charge in [0.05, 0.1) is 24.5 Å². The van der Waals surface area contributed by atoms with Crippen molar-refractivity contribution in [2.45, 2.75) is 94.3 Å². The Morgan fingerprint density at radius 1 is 1.06 bits per heavy atom. The summed E-state index contributed by atoms with van der Waals surface area (Å²) in [5.41, 5.74) is -0.778. The molecule has 1 N–H and O–H groups in total. The molecule has 1 fully saturated rings. The van der Waals surface area contributed by atoms with Gasteiger partial charge < -0.3 is 38.4 Å².